The van der Waals surface area contributed by atoms with Crippen LogP contribution < -0.4 is 0 Å². The fourth-order valence-electron chi connectivity index (χ4n) is 7.43. The van der Waals surface area contributed by atoms with E-state index in [1.54, 1.807) is 5.57 Å². The van der Waals surface area contributed by atoms with Gasteiger partial charge in [-0.2, -0.15) is 0 Å². The Balaban J connectivity index is 1.54. The first-order chi connectivity index (χ1) is 13.0. The second-order valence-corrected chi connectivity index (χ2v) is 9.91. The summed E-state index contributed by atoms with van der Waals surface area (Å²) in [6.07, 6.45) is 15.3. The van der Waals surface area contributed by atoms with Crippen molar-refractivity contribution in [3.8, 4) is 0 Å². The Kier molecular flexibility index (Phi) is 3.92. The van der Waals surface area contributed by atoms with E-state index in [0.29, 0.717) is 23.7 Å². The molecule has 144 valence electrons. The lowest BCUT2D eigenvalue weighted by Crippen LogP contribution is -2.55. The minimum Gasteiger partial charge on any atom is -0.392 e. The quantitative estimate of drug-likeness (QED) is 0.710. The van der Waals surface area contributed by atoms with Crippen LogP contribution in [0.1, 0.15) is 65.1 Å². The van der Waals surface area contributed by atoms with E-state index < -0.39 is 0 Å². The fourth-order valence-corrected chi connectivity index (χ4v) is 7.43. The molecule has 0 bridgehead atoms. The zero-order chi connectivity index (χ0) is 18.8. The van der Waals surface area contributed by atoms with Gasteiger partial charge in [-0.05, 0) is 79.3 Å². The molecule has 7 atom stereocenters. The monoisotopic (exact) mass is 364 g/mol. The summed E-state index contributed by atoms with van der Waals surface area (Å²) in [7, 11) is 0. The molecule has 3 nitrogen and oxygen atoms in total. The highest BCUT2D eigenvalue weighted by atomic mass is 16.3. The van der Waals surface area contributed by atoms with Crippen LogP contribution in [0.15, 0.2) is 36.2 Å². The Hall–Kier alpha value is -1.48. The molecule has 2 unspecified atom stereocenters. The molecule has 0 saturated heterocycles. The number of aliphatic hydroxyl groups is 1. The van der Waals surface area contributed by atoms with Crippen LogP contribution in [0.2, 0.25) is 0 Å². The largest absolute Gasteiger partial charge is 0.392 e. The van der Waals surface area contributed by atoms with Crippen LogP contribution in [-0.4, -0.2) is 21.2 Å². The Morgan fingerprint density at radius 3 is 2.67 bits per heavy atom. The molecule has 0 radical (unpaired) electrons. The first-order valence-corrected chi connectivity index (χ1v) is 10.8. The normalized spacial score (nSPS) is 46.0. The van der Waals surface area contributed by atoms with Crippen LogP contribution in [-0.2, 0) is 0 Å². The molecule has 1 aromatic heterocycles. The van der Waals surface area contributed by atoms with Crippen LogP contribution in [0.4, 0.5) is 0 Å². The van der Waals surface area contributed by atoms with Crippen LogP contribution in [0, 0.1) is 34.5 Å². The molecule has 4 aliphatic carbocycles. The molecule has 0 amide bonds. The third-order valence-electron chi connectivity index (χ3n) is 8.87. The smallest absolute Gasteiger partial charge is 0.155 e. The lowest BCUT2D eigenvalue weighted by molar-refractivity contribution is -0.0874. The highest BCUT2D eigenvalue weighted by molar-refractivity contribution is 5.68. The summed E-state index contributed by atoms with van der Waals surface area (Å²) in [6.45, 7) is 7.25. The molecule has 2 fully saturated rings. The summed E-state index contributed by atoms with van der Waals surface area (Å²) in [5.41, 5.74) is 3.07. The second kappa shape index (κ2) is 6.01. The van der Waals surface area contributed by atoms with Gasteiger partial charge in [0.2, 0.25) is 0 Å². The van der Waals surface area contributed by atoms with Crippen molar-refractivity contribution in [3.63, 3.8) is 0 Å². The second-order valence-electron chi connectivity index (χ2n) is 9.91. The van der Waals surface area contributed by atoms with Gasteiger partial charge in [0.05, 0.1) is 6.10 Å². The number of hydrogen-bond acceptors (Lipinski definition) is 3. The Bertz CT molecular complexity index is 800. The number of aromatic nitrogens is 2. The lowest BCUT2D eigenvalue weighted by Gasteiger charge is -2.60. The average Bonchev–Trinajstić information content (AvgIpc) is 3.02. The van der Waals surface area contributed by atoms with Crippen molar-refractivity contribution in [1.29, 1.82) is 0 Å². The standard InChI is InChI=1S/C24H32N2O/c1-15-14-16-6-4-7-20(27)24(16,3)18-10-11-23(2)17(21(15)18)8-9-19(23)22-25-12-5-13-26-22/h5,9,12-15,17-18,20-21,27H,4,6-8,10-11H2,1-3H3/t15?,17-,18-,20?,21-,23-,24-/m0/s1. The first kappa shape index (κ1) is 17.6. The zero-order valence-corrected chi connectivity index (χ0v) is 16.9. The first-order valence-electron chi connectivity index (χ1n) is 10.8. The minimum absolute atomic E-state index is 0.0112. The van der Waals surface area contributed by atoms with E-state index >= 15 is 0 Å². The van der Waals surface area contributed by atoms with E-state index in [2.05, 4.69) is 42.9 Å². The van der Waals surface area contributed by atoms with Crippen LogP contribution in [0.5, 0.6) is 0 Å². The van der Waals surface area contributed by atoms with Crippen LogP contribution in [0.25, 0.3) is 5.57 Å². The summed E-state index contributed by atoms with van der Waals surface area (Å²) in [5.74, 6) is 3.39. The number of rotatable bonds is 1. The molecule has 1 heterocycles. The number of fused-ring (bicyclic) bond motifs is 5. The third-order valence-corrected chi connectivity index (χ3v) is 8.87. The third kappa shape index (κ3) is 2.30. The number of aliphatic hydroxyl groups excluding tert-OH is 1. The molecule has 1 N–H and O–H groups in total. The number of nitrogens with zero attached hydrogens (tertiary/aromatic N) is 2. The van der Waals surface area contributed by atoms with E-state index in [1.165, 1.54) is 24.8 Å². The molecule has 27 heavy (non-hydrogen) atoms. The molecule has 0 spiro atoms. The summed E-state index contributed by atoms with van der Waals surface area (Å²) < 4.78 is 0. The van der Waals surface area contributed by atoms with Gasteiger partial charge in [0.25, 0.3) is 0 Å². The Labute approximate surface area is 163 Å². The van der Waals surface area contributed by atoms with Crippen molar-refractivity contribution >= 4 is 5.57 Å². The van der Waals surface area contributed by atoms with Crippen LogP contribution >= 0.6 is 0 Å². The van der Waals surface area contributed by atoms with E-state index in [-0.39, 0.29) is 16.9 Å². The lowest BCUT2D eigenvalue weighted by atomic mass is 9.45. The van der Waals surface area contributed by atoms with Crippen molar-refractivity contribution in [1.82, 2.24) is 9.97 Å². The summed E-state index contributed by atoms with van der Waals surface area (Å²) in [4.78, 5) is 9.16. The molecule has 2 saturated carbocycles. The zero-order valence-electron chi connectivity index (χ0n) is 16.9. The molecule has 0 aromatic carbocycles. The van der Waals surface area contributed by atoms with Crippen molar-refractivity contribution < 1.29 is 5.11 Å². The molecular weight excluding hydrogens is 332 g/mol. The Morgan fingerprint density at radius 1 is 1.11 bits per heavy atom. The molecule has 1 aromatic rings. The van der Waals surface area contributed by atoms with Crippen molar-refractivity contribution in [3.05, 3.63) is 42.0 Å². The van der Waals surface area contributed by atoms with Gasteiger partial charge in [-0.1, -0.05) is 38.5 Å². The van der Waals surface area contributed by atoms with Gasteiger partial charge >= 0.3 is 0 Å². The van der Waals surface area contributed by atoms with Gasteiger partial charge in [-0.15, -0.1) is 0 Å². The number of hydrogen-bond donors (Lipinski definition) is 1. The maximum atomic E-state index is 11.0. The summed E-state index contributed by atoms with van der Waals surface area (Å²) in [6, 6.07) is 1.90. The van der Waals surface area contributed by atoms with Gasteiger partial charge < -0.3 is 5.11 Å². The van der Waals surface area contributed by atoms with E-state index in [1.807, 2.05) is 18.5 Å². The van der Waals surface area contributed by atoms with Gasteiger partial charge in [-0.3, -0.25) is 0 Å². The highest BCUT2D eigenvalue weighted by Crippen LogP contribution is 2.67. The van der Waals surface area contributed by atoms with E-state index in [0.717, 1.165) is 25.1 Å². The van der Waals surface area contributed by atoms with E-state index in [4.69, 9.17) is 0 Å². The Morgan fingerprint density at radius 2 is 1.89 bits per heavy atom. The summed E-state index contributed by atoms with van der Waals surface area (Å²) in [5, 5.41) is 11.0. The minimum atomic E-state index is -0.173. The van der Waals surface area contributed by atoms with Gasteiger partial charge in [-0.25, -0.2) is 9.97 Å². The van der Waals surface area contributed by atoms with Gasteiger partial charge in [0.1, 0.15) is 0 Å². The summed E-state index contributed by atoms with van der Waals surface area (Å²) >= 11 is 0. The maximum Gasteiger partial charge on any atom is 0.155 e. The molecule has 5 rings (SSSR count). The van der Waals surface area contributed by atoms with Crippen molar-refractivity contribution in [2.75, 3.05) is 0 Å². The molecular formula is C24H32N2O. The predicted octanol–water partition coefficient (Wildman–Crippen LogP) is 5.04. The van der Waals surface area contributed by atoms with Crippen molar-refractivity contribution in [2.24, 2.45) is 34.5 Å². The topological polar surface area (TPSA) is 46.0 Å². The van der Waals surface area contributed by atoms with Gasteiger partial charge in [0, 0.05) is 17.8 Å². The average molecular weight is 365 g/mol. The maximum absolute atomic E-state index is 11.0. The number of allylic oxidation sites excluding steroid dienone is 3. The van der Waals surface area contributed by atoms with Gasteiger partial charge in [0.15, 0.2) is 5.82 Å². The molecule has 3 heteroatoms. The predicted molar refractivity (Wildman–Crippen MR) is 108 cm³/mol. The van der Waals surface area contributed by atoms with E-state index in [9.17, 15) is 5.11 Å². The highest BCUT2D eigenvalue weighted by Gasteiger charge is 2.60. The SMILES string of the molecule is CC1C=C2CCCC(O)[C@]2(C)[C@H]2CC[C@]3(C)C(c4ncccn4)=CC[C@H]3[C@H]12. The van der Waals surface area contributed by atoms with Crippen molar-refractivity contribution in [2.45, 2.75) is 65.4 Å². The van der Waals surface area contributed by atoms with Crippen LogP contribution in [0.3, 0.4) is 0 Å². The molecule has 0 aliphatic heterocycles. The molecule has 4 aliphatic rings. The fraction of sp³-hybridized carbons (Fsp3) is 0.667.